The molecule has 1 heterocycles. The highest BCUT2D eigenvalue weighted by Gasteiger charge is 2.39. The molecule has 5 atom stereocenters. The standard InChI is InChI=1S/C33H49F3N4O8/c34-33(35,36)25-8-5-9-27(22-25)47-24-26(41)12-13-29-28(30(42)23-31(29)43)10-3-1-2-4-11-32(44)37-14-6-15-38-17-19-39(20-18-38)16-7-21-48-40(45)46/h1,3,5,8-9,12-13,22,26,28-31,41-43H,2,4,6-7,10-11,14-21,23-24H2,(H,37,44)/b3-1-,13-12+/t26-,28-,29-,30+,31-/m1/s1. The van der Waals surface area contributed by atoms with Crippen LogP contribution < -0.4 is 10.1 Å². The molecule has 1 aliphatic carbocycles. The summed E-state index contributed by atoms with van der Waals surface area (Å²) >= 11 is 0. The number of ether oxygens (including phenoxy) is 1. The second-order valence-corrected chi connectivity index (χ2v) is 12.3. The molecule has 3 rings (SSSR count). The summed E-state index contributed by atoms with van der Waals surface area (Å²) in [4.78, 5) is 31.4. The van der Waals surface area contributed by atoms with Crippen LogP contribution in [0.5, 0.6) is 5.75 Å². The molecule has 1 saturated heterocycles. The zero-order valence-corrected chi connectivity index (χ0v) is 27.2. The van der Waals surface area contributed by atoms with E-state index >= 15 is 0 Å². The van der Waals surface area contributed by atoms with E-state index in [1.165, 1.54) is 18.2 Å². The van der Waals surface area contributed by atoms with E-state index in [0.29, 0.717) is 38.6 Å². The molecule has 1 saturated carbocycles. The van der Waals surface area contributed by atoms with Crippen LogP contribution in [-0.2, 0) is 15.8 Å². The molecule has 2 fully saturated rings. The quantitative estimate of drug-likeness (QED) is 0.0695. The summed E-state index contributed by atoms with van der Waals surface area (Å²) in [5, 5.41) is 43.6. The van der Waals surface area contributed by atoms with Crippen LogP contribution in [-0.4, -0.2) is 113 Å². The summed E-state index contributed by atoms with van der Waals surface area (Å²) in [7, 11) is 0. The highest BCUT2D eigenvalue weighted by molar-refractivity contribution is 5.75. The fraction of sp³-hybridized carbons (Fsp3) is 0.667. The maximum Gasteiger partial charge on any atom is 0.416 e. The number of halogens is 3. The lowest BCUT2D eigenvalue weighted by Gasteiger charge is -2.34. The van der Waals surface area contributed by atoms with Crippen molar-refractivity contribution >= 4 is 5.91 Å². The smallest absolute Gasteiger partial charge is 0.416 e. The molecular formula is C33H49F3N4O8. The predicted molar refractivity (Wildman–Crippen MR) is 171 cm³/mol. The first kappa shape index (κ1) is 39.2. The van der Waals surface area contributed by atoms with Crippen molar-refractivity contribution in [3.63, 3.8) is 0 Å². The molecule has 4 N–H and O–H groups in total. The molecule has 0 radical (unpaired) electrons. The molecule has 0 spiro atoms. The van der Waals surface area contributed by atoms with Crippen molar-refractivity contribution in [3.8, 4) is 5.75 Å². The Morgan fingerprint density at radius 2 is 1.79 bits per heavy atom. The maximum absolute atomic E-state index is 12.9. The highest BCUT2D eigenvalue weighted by atomic mass is 19.4. The zero-order chi connectivity index (χ0) is 34.9. The lowest BCUT2D eigenvalue weighted by atomic mass is 9.89. The van der Waals surface area contributed by atoms with Crippen molar-refractivity contribution in [1.82, 2.24) is 15.1 Å². The molecular weight excluding hydrogens is 637 g/mol. The van der Waals surface area contributed by atoms with Crippen LogP contribution in [0, 0.1) is 22.0 Å². The predicted octanol–water partition coefficient (Wildman–Crippen LogP) is 3.20. The van der Waals surface area contributed by atoms with Crippen molar-refractivity contribution in [3.05, 3.63) is 64.2 Å². The van der Waals surface area contributed by atoms with E-state index in [1.807, 2.05) is 12.2 Å². The number of alkyl halides is 3. The average molecular weight is 687 g/mol. The lowest BCUT2D eigenvalue weighted by Crippen LogP contribution is -2.47. The van der Waals surface area contributed by atoms with E-state index in [1.54, 1.807) is 6.08 Å². The Bertz CT molecular complexity index is 1180. The van der Waals surface area contributed by atoms with Crippen LogP contribution in [0.3, 0.4) is 0 Å². The van der Waals surface area contributed by atoms with Gasteiger partial charge >= 0.3 is 6.18 Å². The molecule has 15 heteroatoms. The average Bonchev–Trinajstić information content (AvgIpc) is 3.32. The zero-order valence-electron chi connectivity index (χ0n) is 27.2. The number of carbonyl (C=O) groups excluding carboxylic acids is 1. The van der Waals surface area contributed by atoms with Gasteiger partial charge in [-0.1, -0.05) is 30.4 Å². The fourth-order valence-corrected chi connectivity index (χ4v) is 6.00. The number of piperazine rings is 1. The molecule has 270 valence electrons. The number of aliphatic hydroxyl groups is 3. The summed E-state index contributed by atoms with van der Waals surface area (Å²) in [5.41, 5.74) is -0.846. The number of aliphatic hydroxyl groups excluding tert-OH is 3. The van der Waals surface area contributed by atoms with E-state index in [2.05, 4.69) is 20.0 Å². The molecule has 0 bridgehead atoms. The summed E-state index contributed by atoms with van der Waals surface area (Å²) in [6, 6.07) is 4.40. The van der Waals surface area contributed by atoms with Gasteiger partial charge < -0.3 is 40.0 Å². The Morgan fingerprint density at radius 1 is 1.08 bits per heavy atom. The third-order valence-electron chi connectivity index (χ3n) is 8.66. The van der Waals surface area contributed by atoms with Gasteiger partial charge in [-0.05, 0) is 62.8 Å². The van der Waals surface area contributed by atoms with Crippen LogP contribution in [0.2, 0.25) is 0 Å². The number of benzene rings is 1. The molecule has 1 aromatic carbocycles. The number of unbranched alkanes of at least 4 members (excludes halogenated alkanes) is 1. The van der Waals surface area contributed by atoms with Crippen molar-refractivity contribution in [2.45, 2.75) is 69.4 Å². The fourth-order valence-electron chi connectivity index (χ4n) is 6.00. The van der Waals surface area contributed by atoms with Gasteiger partial charge in [-0.2, -0.15) is 13.2 Å². The van der Waals surface area contributed by atoms with E-state index in [4.69, 9.17) is 4.74 Å². The molecule has 1 aromatic rings. The van der Waals surface area contributed by atoms with E-state index in [9.17, 15) is 43.4 Å². The summed E-state index contributed by atoms with van der Waals surface area (Å²) < 4.78 is 44.0. The Hall–Kier alpha value is -3.24. The number of hydrogen-bond acceptors (Lipinski definition) is 10. The van der Waals surface area contributed by atoms with Gasteiger partial charge in [0.15, 0.2) is 0 Å². The first-order chi connectivity index (χ1) is 22.9. The molecule has 0 unspecified atom stereocenters. The number of amides is 1. The van der Waals surface area contributed by atoms with Gasteiger partial charge in [0, 0.05) is 58.0 Å². The van der Waals surface area contributed by atoms with Crippen LogP contribution in [0.25, 0.3) is 0 Å². The first-order valence-corrected chi connectivity index (χ1v) is 16.6. The molecule has 12 nitrogen and oxygen atoms in total. The molecule has 2 aliphatic rings. The summed E-state index contributed by atoms with van der Waals surface area (Å²) in [6.07, 6.45) is 3.74. The van der Waals surface area contributed by atoms with Crippen LogP contribution in [0.15, 0.2) is 48.6 Å². The first-order valence-electron chi connectivity index (χ1n) is 16.6. The monoisotopic (exact) mass is 686 g/mol. The Morgan fingerprint density at radius 3 is 2.48 bits per heavy atom. The minimum Gasteiger partial charge on any atom is -0.491 e. The second kappa shape index (κ2) is 20.3. The van der Waals surface area contributed by atoms with Crippen molar-refractivity contribution < 1.29 is 47.9 Å². The maximum atomic E-state index is 12.9. The number of hydrogen-bond donors (Lipinski definition) is 4. The van der Waals surface area contributed by atoms with Crippen molar-refractivity contribution in [1.29, 1.82) is 0 Å². The second-order valence-electron chi connectivity index (χ2n) is 12.3. The third-order valence-corrected chi connectivity index (χ3v) is 8.66. The Kier molecular flexibility index (Phi) is 16.6. The van der Waals surface area contributed by atoms with Crippen LogP contribution >= 0.6 is 0 Å². The molecule has 48 heavy (non-hydrogen) atoms. The summed E-state index contributed by atoms with van der Waals surface area (Å²) in [6.45, 7) is 5.78. The number of rotatable bonds is 20. The third kappa shape index (κ3) is 14.5. The van der Waals surface area contributed by atoms with Gasteiger partial charge in [-0.25, -0.2) is 0 Å². The molecule has 1 aliphatic heterocycles. The molecule has 1 amide bonds. The normalized spacial score (nSPS) is 23.1. The largest absolute Gasteiger partial charge is 0.491 e. The van der Waals surface area contributed by atoms with E-state index in [0.717, 1.165) is 57.8 Å². The van der Waals surface area contributed by atoms with Gasteiger partial charge in [0.25, 0.3) is 5.09 Å². The van der Waals surface area contributed by atoms with Gasteiger partial charge in [-0.15, -0.1) is 10.1 Å². The molecule has 0 aromatic heterocycles. The number of allylic oxidation sites excluding steroid dienone is 2. The van der Waals surface area contributed by atoms with Crippen LogP contribution in [0.1, 0.15) is 50.5 Å². The van der Waals surface area contributed by atoms with Crippen molar-refractivity contribution in [2.75, 3.05) is 59.0 Å². The summed E-state index contributed by atoms with van der Waals surface area (Å²) in [5.74, 6) is -0.703. The topological polar surface area (TPSA) is 158 Å². The lowest BCUT2D eigenvalue weighted by molar-refractivity contribution is -0.757. The SMILES string of the molecule is O=C(CCC/C=C\C[C@@H]1[C@@H](/C=C/[C@@H](O)COc2cccc(C(F)(F)F)c2)[C@H](O)C[C@@H]1O)NCCCN1CCN(CCCO[N+](=O)[O-])CC1. The van der Waals surface area contributed by atoms with E-state index < -0.39 is 41.1 Å². The van der Waals surface area contributed by atoms with E-state index in [-0.39, 0.29) is 37.2 Å². The minimum absolute atomic E-state index is 0.000273. The van der Waals surface area contributed by atoms with Gasteiger partial charge in [-0.3, -0.25) is 4.79 Å². The van der Waals surface area contributed by atoms with Gasteiger partial charge in [0.05, 0.1) is 24.4 Å². The van der Waals surface area contributed by atoms with Gasteiger partial charge in [0.2, 0.25) is 5.91 Å². The van der Waals surface area contributed by atoms with Gasteiger partial charge in [0.1, 0.15) is 18.5 Å². The Labute approximate surface area is 279 Å². The number of nitrogens with zero attached hydrogens (tertiary/aromatic N) is 3. The minimum atomic E-state index is -4.50. The number of nitrogens with one attached hydrogen (secondary N) is 1. The van der Waals surface area contributed by atoms with Crippen LogP contribution in [0.4, 0.5) is 13.2 Å². The Balaban J connectivity index is 1.26. The highest BCUT2D eigenvalue weighted by Crippen LogP contribution is 2.36. The number of carbonyl (C=O) groups is 1. The van der Waals surface area contributed by atoms with Crippen molar-refractivity contribution in [2.24, 2.45) is 11.8 Å².